The van der Waals surface area contributed by atoms with Gasteiger partial charge in [0.15, 0.2) is 0 Å². The third kappa shape index (κ3) is 2.91. The predicted molar refractivity (Wildman–Crippen MR) is 69.7 cm³/mol. The number of rotatable bonds is 4. The lowest BCUT2D eigenvalue weighted by atomic mass is 9.66. The van der Waals surface area contributed by atoms with Gasteiger partial charge in [0.1, 0.15) is 5.82 Å². The number of halogens is 1. The summed E-state index contributed by atoms with van der Waals surface area (Å²) in [7, 11) is 0. The molecule has 1 aliphatic carbocycles. The van der Waals surface area contributed by atoms with Crippen molar-refractivity contribution in [2.24, 2.45) is 11.1 Å². The van der Waals surface area contributed by atoms with Gasteiger partial charge in [0.05, 0.1) is 17.3 Å². The molecule has 1 aromatic carbocycles. The van der Waals surface area contributed by atoms with Crippen molar-refractivity contribution < 1.29 is 9.18 Å². The summed E-state index contributed by atoms with van der Waals surface area (Å²) < 4.78 is 13.6. The van der Waals surface area contributed by atoms with E-state index in [0.29, 0.717) is 13.0 Å². The predicted octanol–water partition coefficient (Wildman–Crippen LogP) is 2.15. The van der Waals surface area contributed by atoms with Crippen LogP contribution in [0.15, 0.2) is 18.2 Å². The molecular weight excluding hydrogens is 245 g/mol. The van der Waals surface area contributed by atoms with Crippen LogP contribution in [0, 0.1) is 22.6 Å². The van der Waals surface area contributed by atoms with Crippen LogP contribution in [0.4, 0.5) is 10.1 Å². The Morgan fingerprint density at radius 1 is 1.53 bits per heavy atom. The molecule has 3 N–H and O–H groups in total. The van der Waals surface area contributed by atoms with Gasteiger partial charge >= 0.3 is 0 Å². The number of carbonyl (C=O) groups is 1. The van der Waals surface area contributed by atoms with Crippen LogP contribution >= 0.6 is 0 Å². The van der Waals surface area contributed by atoms with Gasteiger partial charge in [0, 0.05) is 6.42 Å². The Labute approximate surface area is 111 Å². The second-order valence-electron chi connectivity index (χ2n) is 5.09. The van der Waals surface area contributed by atoms with Crippen molar-refractivity contribution in [2.45, 2.75) is 25.7 Å². The number of hydrogen-bond acceptors (Lipinski definition) is 3. The van der Waals surface area contributed by atoms with Gasteiger partial charge < -0.3 is 11.1 Å². The van der Waals surface area contributed by atoms with Crippen molar-refractivity contribution in [3.05, 3.63) is 29.6 Å². The Hall–Kier alpha value is -1.93. The van der Waals surface area contributed by atoms with Crippen molar-refractivity contribution in [1.82, 2.24) is 0 Å². The summed E-state index contributed by atoms with van der Waals surface area (Å²) in [4.78, 5) is 11.9. The molecule has 1 fully saturated rings. The summed E-state index contributed by atoms with van der Waals surface area (Å²) >= 11 is 0. The van der Waals surface area contributed by atoms with E-state index in [1.165, 1.54) is 12.1 Å². The van der Waals surface area contributed by atoms with Crippen molar-refractivity contribution in [3.8, 4) is 6.07 Å². The first-order valence-electron chi connectivity index (χ1n) is 6.28. The Morgan fingerprint density at radius 2 is 2.26 bits per heavy atom. The van der Waals surface area contributed by atoms with E-state index in [9.17, 15) is 9.18 Å². The molecule has 0 aliphatic heterocycles. The Bertz CT molecular complexity index is 526. The molecule has 0 heterocycles. The fourth-order valence-electron chi connectivity index (χ4n) is 2.35. The maximum absolute atomic E-state index is 13.6. The zero-order chi connectivity index (χ0) is 13.9. The lowest BCUT2D eigenvalue weighted by Crippen LogP contribution is -2.40. The summed E-state index contributed by atoms with van der Waals surface area (Å²) in [6, 6.07) is 5.83. The van der Waals surface area contributed by atoms with Gasteiger partial charge in [-0.15, -0.1) is 0 Å². The van der Waals surface area contributed by atoms with Crippen LogP contribution in [-0.4, -0.2) is 12.5 Å². The summed E-state index contributed by atoms with van der Waals surface area (Å²) in [6.07, 6.45) is 3.32. The van der Waals surface area contributed by atoms with Crippen molar-refractivity contribution in [2.75, 3.05) is 11.9 Å². The summed E-state index contributed by atoms with van der Waals surface area (Å²) in [5.74, 6) is -0.823. The van der Waals surface area contributed by atoms with Gasteiger partial charge in [0.25, 0.3) is 0 Å². The van der Waals surface area contributed by atoms with Crippen molar-refractivity contribution in [3.63, 3.8) is 0 Å². The van der Waals surface area contributed by atoms with Crippen molar-refractivity contribution in [1.29, 1.82) is 5.26 Å². The van der Waals surface area contributed by atoms with Crippen LogP contribution in [-0.2, 0) is 4.79 Å². The average Bonchev–Trinajstić information content (AvgIpc) is 2.36. The number of nitrogens with one attached hydrogen (secondary N) is 1. The topological polar surface area (TPSA) is 78.9 Å². The van der Waals surface area contributed by atoms with Gasteiger partial charge in [-0.2, -0.15) is 5.26 Å². The smallest absolute Gasteiger partial charge is 0.225 e. The van der Waals surface area contributed by atoms with E-state index in [2.05, 4.69) is 5.32 Å². The number of nitrogens with zero attached hydrogens (tertiary/aromatic N) is 1. The second kappa shape index (κ2) is 5.37. The molecule has 0 saturated heterocycles. The highest BCUT2D eigenvalue weighted by Crippen LogP contribution is 2.43. The molecular formula is C14H16FN3O. The minimum Gasteiger partial charge on any atom is -0.330 e. The Balaban J connectivity index is 2.01. The molecule has 19 heavy (non-hydrogen) atoms. The number of hydrogen-bond donors (Lipinski definition) is 2. The lowest BCUT2D eigenvalue weighted by Gasteiger charge is -2.40. The van der Waals surface area contributed by atoms with Crippen LogP contribution < -0.4 is 11.1 Å². The Kier molecular flexibility index (Phi) is 3.82. The normalized spacial score (nSPS) is 16.3. The first kappa shape index (κ1) is 13.5. The zero-order valence-corrected chi connectivity index (χ0v) is 10.6. The molecule has 0 spiro atoms. The van der Waals surface area contributed by atoms with Gasteiger partial charge in [-0.05, 0) is 43.0 Å². The van der Waals surface area contributed by atoms with Gasteiger partial charge in [0.2, 0.25) is 5.91 Å². The third-order valence-electron chi connectivity index (χ3n) is 3.76. The van der Waals surface area contributed by atoms with E-state index < -0.39 is 5.82 Å². The summed E-state index contributed by atoms with van der Waals surface area (Å²) in [5, 5.41) is 11.2. The van der Waals surface area contributed by atoms with E-state index in [1.54, 1.807) is 0 Å². The highest BCUT2D eigenvalue weighted by atomic mass is 19.1. The van der Waals surface area contributed by atoms with E-state index in [1.807, 2.05) is 6.07 Å². The minimum atomic E-state index is -0.595. The minimum absolute atomic E-state index is 0.104. The van der Waals surface area contributed by atoms with Crippen molar-refractivity contribution >= 4 is 11.6 Å². The van der Waals surface area contributed by atoms with Crippen LogP contribution in [0.1, 0.15) is 31.2 Å². The number of amides is 1. The van der Waals surface area contributed by atoms with Crippen LogP contribution in [0.25, 0.3) is 0 Å². The zero-order valence-electron chi connectivity index (χ0n) is 10.6. The molecule has 1 aromatic rings. The number of nitrogens with two attached hydrogens (primary N) is 1. The maximum Gasteiger partial charge on any atom is 0.225 e. The summed E-state index contributed by atoms with van der Waals surface area (Å²) in [5.41, 5.74) is 5.92. The van der Waals surface area contributed by atoms with Gasteiger partial charge in [-0.3, -0.25) is 4.79 Å². The number of nitriles is 1. The second-order valence-corrected chi connectivity index (χ2v) is 5.09. The molecule has 5 heteroatoms. The van der Waals surface area contributed by atoms with E-state index in [4.69, 9.17) is 11.0 Å². The molecule has 0 radical (unpaired) electrons. The maximum atomic E-state index is 13.6. The van der Waals surface area contributed by atoms with E-state index in [0.717, 1.165) is 25.3 Å². The molecule has 2 rings (SSSR count). The molecule has 1 aliphatic rings. The first-order valence-corrected chi connectivity index (χ1v) is 6.28. The highest BCUT2D eigenvalue weighted by Gasteiger charge is 2.37. The Morgan fingerprint density at radius 3 is 2.74 bits per heavy atom. The molecule has 0 unspecified atom stereocenters. The molecule has 1 saturated carbocycles. The van der Waals surface area contributed by atoms with E-state index in [-0.39, 0.29) is 22.6 Å². The van der Waals surface area contributed by atoms with Gasteiger partial charge in [-0.25, -0.2) is 4.39 Å². The van der Waals surface area contributed by atoms with E-state index >= 15 is 0 Å². The number of anilines is 1. The quantitative estimate of drug-likeness (QED) is 0.871. The molecule has 0 atom stereocenters. The fraction of sp³-hybridized carbons (Fsp3) is 0.429. The molecule has 1 amide bonds. The largest absolute Gasteiger partial charge is 0.330 e. The molecule has 0 bridgehead atoms. The number of benzene rings is 1. The summed E-state index contributed by atoms with van der Waals surface area (Å²) in [6.45, 7) is 0.482. The van der Waals surface area contributed by atoms with Crippen LogP contribution in [0.5, 0.6) is 0 Å². The highest BCUT2D eigenvalue weighted by molar-refractivity contribution is 5.91. The third-order valence-corrected chi connectivity index (χ3v) is 3.76. The first-order chi connectivity index (χ1) is 9.08. The van der Waals surface area contributed by atoms with Crippen LogP contribution in [0.3, 0.4) is 0 Å². The average molecular weight is 261 g/mol. The van der Waals surface area contributed by atoms with Crippen LogP contribution in [0.2, 0.25) is 0 Å². The lowest BCUT2D eigenvalue weighted by molar-refractivity contribution is -0.119. The number of carbonyl (C=O) groups excluding carboxylic acids is 1. The van der Waals surface area contributed by atoms with Gasteiger partial charge in [-0.1, -0.05) is 6.42 Å². The molecule has 0 aromatic heterocycles. The monoisotopic (exact) mass is 261 g/mol. The molecule has 100 valence electrons. The molecule has 4 nitrogen and oxygen atoms in total. The SMILES string of the molecule is N#Cc1ccc(NC(=O)CC2(CN)CCC2)c(F)c1. The fourth-order valence-corrected chi connectivity index (χ4v) is 2.35. The standard InChI is InChI=1S/C14H16FN3O/c15-11-6-10(8-16)2-3-12(11)18-13(19)7-14(9-17)4-1-5-14/h2-3,6H,1,4-5,7,9,17H2,(H,18,19).